The minimum absolute atomic E-state index is 0.144. The van der Waals surface area contributed by atoms with Gasteiger partial charge in [-0.1, -0.05) is 12.8 Å². The van der Waals surface area contributed by atoms with Gasteiger partial charge in [0.15, 0.2) is 0 Å². The second-order valence-corrected chi connectivity index (χ2v) is 6.75. The van der Waals surface area contributed by atoms with Gasteiger partial charge in [-0.05, 0) is 24.7 Å². The highest BCUT2D eigenvalue weighted by Gasteiger charge is 2.65. The number of aliphatic hydroxyl groups is 1. The van der Waals surface area contributed by atoms with Gasteiger partial charge in [-0.15, -0.1) is 0 Å². The first kappa shape index (κ1) is 13.8. The first-order valence-electron chi connectivity index (χ1n) is 7.76. The Balaban J connectivity index is 1.34. The second-order valence-electron chi connectivity index (χ2n) is 6.75. The monoisotopic (exact) mass is 268 g/mol. The lowest BCUT2D eigenvalue weighted by atomic mass is 9.91. The molecule has 2 aliphatic carbocycles. The summed E-state index contributed by atoms with van der Waals surface area (Å²) in [6.45, 7) is 4.36. The van der Waals surface area contributed by atoms with E-state index in [0.29, 0.717) is 23.9 Å². The van der Waals surface area contributed by atoms with Gasteiger partial charge < -0.3 is 26.8 Å². The summed E-state index contributed by atoms with van der Waals surface area (Å²) in [6, 6.07) is 0.851. The van der Waals surface area contributed by atoms with Crippen LogP contribution in [0.3, 0.4) is 0 Å². The number of fused-ring (bicyclic) bond motifs is 1. The Kier molecular flexibility index (Phi) is 3.84. The molecule has 0 radical (unpaired) electrons. The average Bonchev–Trinajstić information content (AvgIpc) is 2.77. The maximum Gasteiger partial charge on any atom is 0.0617 e. The van der Waals surface area contributed by atoms with Crippen molar-refractivity contribution in [3.63, 3.8) is 0 Å². The predicted octanol–water partition coefficient (Wildman–Crippen LogP) is -0.903. The molecule has 5 heteroatoms. The number of hydrogen-bond donors (Lipinski definition) is 4. The lowest BCUT2D eigenvalue weighted by molar-refractivity contribution is 0.197. The molecule has 3 aliphatic rings. The predicted molar refractivity (Wildman–Crippen MR) is 75.7 cm³/mol. The number of nitrogens with one attached hydrogen (secondary N) is 1. The second kappa shape index (κ2) is 5.30. The van der Waals surface area contributed by atoms with Crippen LogP contribution in [-0.2, 0) is 0 Å². The van der Waals surface area contributed by atoms with Crippen molar-refractivity contribution in [2.45, 2.75) is 43.3 Å². The van der Waals surface area contributed by atoms with E-state index in [1.165, 1.54) is 19.3 Å². The zero-order valence-electron chi connectivity index (χ0n) is 11.7. The summed E-state index contributed by atoms with van der Waals surface area (Å²) in [5.41, 5.74) is 12.0. The molecule has 2 saturated carbocycles. The van der Waals surface area contributed by atoms with E-state index < -0.39 is 0 Å². The Morgan fingerprint density at radius 3 is 2.53 bits per heavy atom. The number of likely N-dealkylation sites (tertiary alicyclic amines) is 1. The molecule has 3 unspecified atom stereocenters. The maximum atomic E-state index is 9.26. The van der Waals surface area contributed by atoms with Crippen LogP contribution in [0.2, 0.25) is 0 Å². The van der Waals surface area contributed by atoms with E-state index in [4.69, 9.17) is 11.5 Å². The van der Waals surface area contributed by atoms with E-state index in [9.17, 15) is 5.11 Å². The summed E-state index contributed by atoms with van der Waals surface area (Å²) in [6.07, 6.45) is 4.99. The summed E-state index contributed by atoms with van der Waals surface area (Å²) < 4.78 is 0. The smallest absolute Gasteiger partial charge is 0.0617 e. The van der Waals surface area contributed by atoms with Crippen LogP contribution in [0.4, 0.5) is 0 Å². The van der Waals surface area contributed by atoms with E-state index in [-0.39, 0.29) is 12.1 Å². The van der Waals surface area contributed by atoms with Crippen molar-refractivity contribution in [1.82, 2.24) is 10.2 Å². The van der Waals surface area contributed by atoms with Gasteiger partial charge in [-0.25, -0.2) is 0 Å². The number of hydrogen-bond acceptors (Lipinski definition) is 5. The molecule has 6 N–H and O–H groups in total. The molecule has 4 atom stereocenters. The fourth-order valence-electron chi connectivity index (χ4n) is 4.09. The van der Waals surface area contributed by atoms with Crippen molar-refractivity contribution in [3.05, 3.63) is 0 Å². The van der Waals surface area contributed by atoms with Gasteiger partial charge in [0, 0.05) is 43.8 Å². The SMILES string of the molecule is N[C@H]1CCCCC1NCCN1CC2C(C1)C2(N)CO. The molecule has 0 aromatic carbocycles. The van der Waals surface area contributed by atoms with Crippen molar-refractivity contribution < 1.29 is 5.11 Å². The Bertz CT molecular complexity index is 313. The van der Waals surface area contributed by atoms with Crippen LogP contribution in [0.5, 0.6) is 0 Å². The zero-order chi connectivity index (χ0) is 13.5. The molecule has 3 fully saturated rings. The van der Waals surface area contributed by atoms with Gasteiger partial charge in [0.05, 0.1) is 6.61 Å². The van der Waals surface area contributed by atoms with Gasteiger partial charge in [0.1, 0.15) is 0 Å². The number of rotatable bonds is 5. The summed E-state index contributed by atoms with van der Waals surface area (Å²) >= 11 is 0. The van der Waals surface area contributed by atoms with E-state index >= 15 is 0 Å². The first-order valence-corrected chi connectivity index (χ1v) is 7.76. The topological polar surface area (TPSA) is 87.5 Å². The number of aliphatic hydroxyl groups excluding tert-OH is 1. The molecule has 19 heavy (non-hydrogen) atoms. The molecule has 0 amide bonds. The Labute approximate surface area is 115 Å². The highest BCUT2D eigenvalue weighted by atomic mass is 16.3. The summed E-state index contributed by atoms with van der Waals surface area (Å²) in [4.78, 5) is 2.47. The summed E-state index contributed by atoms with van der Waals surface area (Å²) in [5, 5.41) is 12.9. The van der Waals surface area contributed by atoms with E-state index in [1.54, 1.807) is 0 Å². The van der Waals surface area contributed by atoms with Crippen molar-refractivity contribution in [2.24, 2.45) is 23.3 Å². The Hall–Kier alpha value is -0.200. The molecule has 1 saturated heterocycles. The van der Waals surface area contributed by atoms with Crippen molar-refractivity contribution in [3.8, 4) is 0 Å². The van der Waals surface area contributed by atoms with Gasteiger partial charge in [0.25, 0.3) is 0 Å². The molecule has 0 aromatic rings. The molecule has 0 bridgehead atoms. The highest BCUT2D eigenvalue weighted by Crippen LogP contribution is 2.52. The quantitative estimate of drug-likeness (QED) is 0.519. The Morgan fingerprint density at radius 1 is 1.21 bits per heavy atom. The van der Waals surface area contributed by atoms with E-state index in [2.05, 4.69) is 10.2 Å². The summed E-state index contributed by atoms with van der Waals surface area (Å²) in [7, 11) is 0. The number of nitrogens with two attached hydrogens (primary N) is 2. The first-order chi connectivity index (χ1) is 9.15. The molecule has 3 rings (SSSR count). The maximum absolute atomic E-state index is 9.26. The van der Waals surface area contributed by atoms with Gasteiger partial charge in [-0.3, -0.25) is 0 Å². The van der Waals surface area contributed by atoms with Crippen molar-refractivity contribution in [1.29, 1.82) is 0 Å². The fraction of sp³-hybridized carbons (Fsp3) is 1.00. The third kappa shape index (κ3) is 2.54. The van der Waals surface area contributed by atoms with Crippen molar-refractivity contribution >= 4 is 0 Å². The van der Waals surface area contributed by atoms with Gasteiger partial charge >= 0.3 is 0 Å². The molecular formula is C14H28N4O. The van der Waals surface area contributed by atoms with Gasteiger partial charge in [0.2, 0.25) is 0 Å². The largest absolute Gasteiger partial charge is 0.394 e. The molecule has 0 spiro atoms. The van der Waals surface area contributed by atoms with Crippen LogP contribution in [0.25, 0.3) is 0 Å². The minimum Gasteiger partial charge on any atom is -0.394 e. The number of nitrogens with zero attached hydrogens (tertiary/aromatic N) is 1. The molecule has 1 heterocycles. The third-order valence-corrected chi connectivity index (χ3v) is 5.59. The zero-order valence-corrected chi connectivity index (χ0v) is 11.7. The third-order valence-electron chi connectivity index (χ3n) is 5.59. The molecule has 110 valence electrons. The lowest BCUT2D eigenvalue weighted by Crippen LogP contribution is -2.49. The van der Waals surface area contributed by atoms with Crippen LogP contribution in [0.1, 0.15) is 25.7 Å². The van der Waals surface area contributed by atoms with Crippen LogP contribution >= 0.6 is 0 Å². The minimum atomic E-state index is -0.254. The highest BCUT2D eigenvalue weighted by molar-refractivity contribution is 5.20. The van der Waals surface area contributed by atoms with E-state index in [0.717, 1.165) is 32.6 Å². The summed E-state index contributed by atoms with van der Waals surface area (Å²) in [5.74, 6) is 1.05. The number of piperidine rings is 1. The van der Waals surface area contributed by atoms with Crippen molar-refractivity contribution in [2.75, 3.05) is 32.8 Å². The molecule has 1 aliphatic heterocycles. The molecule has 5 nitrogen and oxygen atoms in total. The Morgan fingerprint density at radius 2 is 1.89 bits per heavy atom. The van der Waals surface area contributed by atoms with Gasteiger partial charge in [-0.2, -0.15) is 0 Å². The van der Waals surface area contributed by atoms with Crippen LogP contribution in [0.15, 0.2) is 0 Å². The standard InChI is InChI=1S/C14H28N4O/c15-12-3-1-2-4-13(12)17-5-6-18-7-10-11(8-18)14(10,16)9-19/h10-13,17,19H,1-9,15-16H2/t10?,11?,12-,13?,14?/m0/s1. The normalized spacial score (nSPS) is 46.3. The lowest BCUT2D eigenvalue weighted by Gasteiger charge is -2.30. The molecular weight excluding hydrogens is 240 g/mol. The van der Waals surface area contributed by atoms with E-state index in [1.807, 2.05) is 0 Å². The molecule has 0 aromatic heterocycles. The van der Waals surface area contributed by atoms with Crippen LogP contribution < -0.4 is 16.8 Å². The van der Waals surface area contributed by atoms with Crippen LogP contribution in [0, 0.1) is 11.8 Å². The van der Waals surface area contributed by atoms with Crippen LogP contribution in [-0.4, -0.2) is 60.4 Å². The fourth-order valence-corrected chi connectivity index (χ4v) is 4.09. The average molecular weight is 268 g/mol.